The number of Topliss-reactive ketones (excluding diaryl/α,β-unsaturated/α-hetero) is 2. The van der Waals surface area contributed by atoms with Crippen LogP contribution in [0.3, 0.4) is 0 Å². The van der Waals surface area contributed by atoms with Crippen molar-refractivity contribution in [1.82, 2.24) is 0 Å². The molecule has 0 aromatic carbocycles. The number of fused-ring (bicyclic) bond motifs is 8. The molecule has 0 saturated heterocycles. The molecule has 8 unspecified atom stereocenters. The summed E-state index contributed by atoms with van der Waals surface area (Å²) in [5.74, 6) is 5.72. The lowest BCUT2D eigenvalue weighted by Crippen LogP contribution is -2.72. The van der Waals surface area contributed by atoms with Gasteiger partial charge >= 0.3 is 0 Å². The van der Waals surface area contributed by atoms with Gasteiger partial charge < -0.3 is 0 Å². The van der Waals surface area contributed by atoms with Gasteiger partial charge in [-0.15, -0.1) is 0 Å². The first-order valence-corrected chi connectivity index (χ1v) is 9.09. The molecule has 5 saturated carbocycles. The number of hydrogen-bond acceptors (Lipinski definition) is 2. The molecule has 0 radical (unpaired) electrons. The lowest BCUT2D eigenvalue weighted by atomic mass is 9.31. The van der Waals surface area contributed by atoms with Gasteiger partial charge in [-0.1, -0.05) is 20.3 Å². The Kier molecular flexibility index (Phi) is 2.33. The second kappa shape index (κ2) is 3.81. The molecule has 0 aliphatic heterocycles. The van der Waals surface area contributed by atoms with Crippen molar-refractivity contribution in [3.63, 3.8) is 0 Å². The van der Waals surface area contributed by atoms with Crippen molar-refractivity contribution in [2.45, 2.75) is 52.4 Å². The van der Waals surface area contributed by atoms with E-state index in [0.717, 1.165) is 24.7 Å². The van der Waals surface area contributed by atoms with E-state index in [1.807, 2.05) is 0 Å². The van der Waals surface area contributed by atoms with Crippen LogP contribution in [0.15, 0.2) is 0 Å². The van der Waals surface area contributed by atoms with Crippen LogP contribution in [0.4, 0.5) is 0 Å². The molecule has 9 atom stereocenters. The average Bonchev–Trinajstić information content (AvgIpc) is 2.79. The molecule has 0 aromatic rings. The van der Waals surface area contributed by atoms with Crippen LogP contribution < -0.4 is 0 Å². The normalized spacial score (nSPS) is 61.0. The average molecular weight is 286 g/mol. The summed E-state index contributed by atoms with van der Waals surface area (Å²) in [5, 5.41) is 0. The van der Waals surface area contributed by atoms with E-state index >= 15 is 0 Å². The Bertz CT molecular complexity index is 538. The summed E-state index contributed by atoms with van der Waals surface area (Å²) >= 11 is 0. The van der Waals surface area contributed by atoms with Crippen LogP contribution >= 0.6 is 0 Å². The zero-order chi connectivity index (χ0) is 14.5. The molecule has 21 heavy (non-hydrogen) atoms. The summed E-state index contributed by atoms with van der Waals surface area (Å²) in [5.41, 5.74) is 0.190. The van der Waals surface area contributed by atoms with Crippen molar-refractivity contribution in [1.29, 1.82) is 0 Å². The number of carbonyl (C=O) groups excluding carboxylic acids is 2. The van der Waals surface area contributed by atoms with Gasteiger partial charge in [0, 0.05) is 24.7 Å². The number of hydrogen-bond donors (Lipinski definition) is 0. The van der Waals surface area contributed by atoms with Gasteiger partial charge in [0.05, 0.1) is 0 Å². The highest BCUT2D eigenvalue weighted by molar-refractivity contribution is 5.92. The van der Waals surface area contributed by atoms with E-state index in [1.54, 1.807) is 0 Å². The smallest absolute Gasteiger partial charge is 0.137 e. The third-order valence-electron chi connectivity index (χ3n) is 8.74. The molecule has 2 heteroatoms. The van der Waals surface area contributed by atoms with Gasteiger partial charge in [0.2, 0.25) is 0 Å². The molecule has 5 aliphatic carbocycles. The molecule has 0 spiro atoms. The van der Waals surface area contributed by atoms with Gasteiger partial charge in [-0.25, -0.2) is 0 Å². The van der Waals surface area contributed by atoms with Crippen molar-refractivity contribution in [2.75, 3.05) is 0 Å². The molecule has 5 rings (SSSR count). The van der Waals surface area contributed by atoms with Gasteiger partial charge in [0.15, 0.2) is 0 Å². The Labute approximate surface area is 127 Å². The highest BCUT2D eigenvalue weighted by Gasteiger charge is 2.73. The molecule has 2 nitrogen and oxygen atoms in total. The van der Waals surface area contributed by atoms with E-state index in [-0.39, 0.29) is 5.41 Å². The molecule has 114 valence electrons. The number of ketones is 2. The van der Waals surface area contributed by atoms with E-state index in [2.05, 4.69) is 13.8 Å². The van der Waals surface area contributed by atoms with Gasteiger partial charge in [0.1, 0.15) is 11.6 Å². The van der Waals surface area contributed by atoms with Crippen molar-refractivity contribution in [3.8, 4) is 0 Å². The Hall–Kier alpha value is -0.660. The van der Waals surface area contributed by atoms with Crippen LogP contribution in [0.5, 0.6) is 0 Å². The Morgan fingerprint density at radius 1 is 0.857 bits per heavy atom. The van der Waals surface area contributed by atoms with Crippen LogP contribution in [0, 0.1) is 52.8 Å². The van der Waals surface area contributed by atoms with Gasteiger partial charge in [-0.05, 0) is 60.2 Å². The molecular formula is C19H26O2. The highest BCUT2D eigenvalue weighted by Crippen LogP contribution is 2.74. The molecule has 0 aromatic heterocycles. The van der Waals surface area contributed by atoms with E-state index < -0.39 is 0 Å². The Morgan fingerprint density at radius 2 is 1.62 bits per heavy atom. The lowest BCUT2D eigenvalue weighted by molar-refractivity contribution is -0.233. The summed E-state index contributed by atoms with van der Waals surface area (Å²) in [6.45, 7) is 4.73. The largest absolute Gasteiger partial charge is 0.299 e. The first kappa shape index (κ1) is 12.8. The number of carbonyl (C=O) groups is 2. The van der Waals surface area contributed by atoms with Crippen molar-refractivity contribution < 1.29 is 9.59 Å². The van der Waals surface area contributed by atoms with E-state index in [9.17, 15) is 9.59 Å². The first-order chi connectivity index (χ1) is 10.0. The van der Waals surface area contributed by atoms with E-state index in [4.69, 9.17) is 0 Å². The van der Waals surface area contributed by atoms with Gasteiger partial charge in [0.25, 0.3) is 0 Å². The summed E-state index contributed by atoms with van der Waals surface area (Å²) in [6, 6.07) is 0. The third kappa shape index (κ3) is 1.28. The summed E-state index contributed by atoms with van der Waals surface area (Å²) < 4.78 is 0. The molecule has 5 fully saturated rings. The lowest BCUT2D eigenvalue weighted by Gasteiger charge is -2.72. The maximum Gasteiger partial charge on any atom is 0.137 e. The first-order valence-electron chi connectivity index (χ1n) is 9.09. The zero-order valence-electron chi connectivity index (χ0n) is 13.2. The van der Waals surface area contributed by atoms with E-state index in [1.165, 1.54) is 25.7 Å². The standard InChI is InChI=1S/C19H26O2/c1-9-3-4-10-11-5-6-13-17-14(8-15(17)20)19(13,2)18(11)16(21)7-12(9)10/h9-14,17-18H,3-8H2,1-2H3/t9-,10?,11?,12?,13?,14?,17?,18?,19?/m0/s1. The second-order valence-corrected chi connectivity index (χ2v) is 9.05. The van der Waals surface area contributed by atoms with Crippen molar-refractivity contribution in [2.24, 2.45) is 52.8 Å². The SMILES string of the molecule is C[C@H]1CCC2C3CCC4C5C(=O)CC5C4(C)C3C(=O)CC21. The minimum absolute atomic E-state index is 0.190. The summed E-state index contributed by atoms with van der Waals surface area (Å²) in [6.07, 6.45) is 6.75. The monoisotopic (exact) mass is 286 g/mol. The van der Waals surface area contributed by atoms with Crippen LogP contribution in [-0.2, 0) is 9.59 Å². The quantitative estimate of drug-likeness (QED) is 0.683. The fourth-order valence-corrected chi connectivity index (χ4v) is 7.75. The van der Waals surface area contributed by atoms with Crippen molar-refractivity contribution in [3.05, 3.63) is 0 Å². The predicted octanol–water partition coefficient (Wildman–Crippen LogP) is 3.49. The summed E-state index contributed by atoms with van der Waals surface area (Å²) in [4.78, 5) is 24.9. The second-order valence-electron chi connectivity index (χ2n) is 9.05. The predicted molar refractivity (Wildman–Crippen MR) is 79.4 cm³/mol. The molecule has 0 heterocycles. The van der Waals surface area contributed by atoms with Crippen LogP contribution in [0.25, 0.3) is 0 Å². The van der Waals surface area contributed by atoms with Gasteiger partial charge in [-0.2, -0.15) is 0 Å². The van der Waals surface area contributed by atoms with Gasteiger partial charge in [-0.3, -0.25) is 9.59 Å². The van der Waals surface area contributed by atoms with Crippen LogP contribution in [0.2, 0.25) is 0 Å². The third-order valence-corrected chi connectivity index (χ3v) is 8.74. The highest BCUT2D eigenvalue weighted by atomic mass is 16.1. The van der Waals surface area contributed by atoms with Crippen LogP contribution in [-0.4, -0.2) is 11.6 Å². The molecule has 0 bridgehead atoms. The maximum absolute atomic E-state index is 13.0. The fourth-order valence-electron chi connectivity index (χ4n) is 7.75. The van der Waals surface area contributed by atoms with Crippen LogP contribution in [0.1, 0.15) is 52.4 Å². The molecule has 0 N–H and O–H groups in total. The minimum atomic E-state index is 0.190. The van der Waals surface area contributed by atoms with E-state index in [0.29, 0.717) is 47.1 Å². The maximum atomic E-state index is 13.0. The van der Waals surface area contributed by atoms with Crippen molar-refractivity contribution >= 4 is 11.6 Å². The molecular weight excluding hydrogens is 260 g/mol. The molecule has 0 amide bonds. The minimum Gasteiger partial charge on any atom is -0.299 e. The zero-order valence-corrected chi connectivity index (χ0v) is 13.2. The summed E-state index contributed by atoms with van der Waals surface area (Å²) in [7, 11) is 0. The molecule has 5 aliphatic rings. The fraction of sp³-hybridized carbons (Fsp3) is 0.895. The Morgan fingerprint density at radius 3 is 2.38 bits per heavy atom. The number of rotatable bonds is 0. The topological polar surface area (TPSA) is 34.1 Å². The Balaban J connectivity index is 1.51.